The minimum Gasteiger partial charge on any atom is -0.407 e. The second kappa shape index (κ2) is 19.7. The second-order valence-corrected chi connectivity index (χ2v) is 20.8. The van der Waals surface area contributed by atoms with Crippen LogP contribution in [0.1, 0.15) is 87.5 Å². The maximum Gasteiger partial charge on any atom is 0.261 e. The molecule has 0 aliphatic carbocycles. The number of ketones is 1. The number of carbonyl (C=O) groups is 1. The highest BCUT2D eigenvalue weighted by molar-refractivity contribution is 6.99. The molecule has 1 N–H and O–H groups in total. The van der Waals surface area contributed by atoms with Gasteiger partial charge in [0.1, 0.15) is 24.8 Å². The Bertz CT molecular complexity index is 1320. The fourth-order valence-corrected chi connectivity index (χ4v) is 12.2. The lowest BCUT2D eigenvalue weighted by atomic mass is 9.76. The van der Waals surface area contributed by atoms with Gasteiger partial charge in [0.2, 0.25) is 0 Å². The molecular formula is C42H66O10Si. The van der Waals surface area contributed by atoms with Crippen LogP contribution in [0.3, 0.4) is 0 Å². The molecule has 0 aromatic heterocycles. The molecule has 2 aliphatic rings. The number of aliphatic hydroxyl groups excluding tert-OH is 1. The Morgan fingerprint density at radius 1 is 0.962 bits per heavy atom. The summed E-state index contributed by atoms with van der Waals surface area (Å²) in [5.41, 5.74) is -1.03. The van der Waals surface area contributed by atoms with Crippen LogP contribution in [-0.4, -0.2) is 103 Å². The lowest BCUT2D eigenvalue weighted by molar-refractivity contribution is -0.207. The molecule has 6 atom stereocenters. The summed E-state index contributed by atoms with van der Waals surface area (Å²) in [4.78, 5) is 14.2. The summed E-state index contributed by atoms with van der Waals surface area (Å²) in [6, 6.07) is 21.1. The molecule has 2 heterocycles. The van der Waals surface area contributed by atoms with Crippen molar-refractivity contribution < 1.29 is 47.5 Å². The van der Waals surface area contributed by atoms with Crippen LogP contribution in [0.25, 0.3) is 0 Å². The molecule has 2 aromatic rings. The van der Waals surface area contributed by atoms with Gasteiger partial charge in [-0.3, -0.25) is 4.79 Å². The van der Waals surface area contributed by atoms with Crippen molar-refractivity contribution in [3.05, 3.63) is 60.7 Å². The summed E-state index contributed by atoms with van der Waals surface area (Å²) in [5.74, 6) is -1.36. The van der Waals surface area contributed by atoms with Gasteiger partial charge in [-0.25, -0.2) is 0 Å². The van der Waals surface area contributed by atoms with E-state index in [0.717, 1.165) is 19.3 Å². The van der Waals surface area contributed by atoms with Crippen molar-refractivity contribution in [3.63, 3.8) is 0 Å². The van der Waals surface area contributed by atoms with Gasteiger partial charge in [0, 0.05) is 32.7 Å². The number of hydrogen-bond donors (Lipinski definition) is 1. The van der Waals surface area contributed by atoms with E-state index in [2.05, 4.69) is 69.3 Å². The Labute approximate surface area is 319 Å². The lowest BCUT2D eigenvalue weighted by Gasteiger charge is -2.43. The average molecular weight is 759 g/mol. The van der Waals surface area contributed by atoms with Gasteiger partial charge in [0.05, 0.1) is 37.4 Å². The third kappa shape index (κ3) is 11.5. The molecule has 2 fully saturated rings. The van der Waals surface area contributed by atoms with Gasteiger partial charge in [0.15, 0.2) is 12.1 Å². The number of hydrogen-bond acceptors (Lipinski definition) is 10. The Morgan fingerprint density at radius 2 is 1.60 bits per heavy atom. The van der Waals surface area contributed by atoms with Crippen LogP contribution >= 0.6 is 0 Å². The molecular weight excluding hydrogens is 693 g/mol. The predicted molar refractivity (Wildman–Crippen MR) is 208 cm³/mol. The standard InChI is InChI=1S/C42H66O10Si/c1-31(34(43)28-37(44)41(5,6)39(48-30-46-27-26-45-9)36-29-49-42(7,8)52-36)35(51-38-22-16-17-24-47-38)23-25-50-53(40(2,3)4,32-18-12-10-13-19-32)33-20-14-11-15-21-33/h10-15,18-21,31,34-36,38-39,43H,16-17,22-30H2,1-9H3/t31-,34+,35-,36+,38?,39-/m1/s1. The van der Waals surface area contributed by atoms with Gasteiger partial charge in [-0.2, -0.15) is 0 Å². The van der Waals surface area contributed by atoms with Crippen LogP contribution in [0.5, 0.6) is 0 Å². The molecule has 1 unspecified atom stereocenters. The van der Waals surface area contributed by atoms with Crippen molar-refractivity contribution in [1.29, 1.82) is 0 Å². The van der Waals surface area contributed by atoms with Crippen molar-refractivity contribution in [2.45, 2.75) is 129 Å². The van der Waals surface area contributed by atoms with Gasteiger partial charge in [-0.15, -0.1) is 0 Å². The Hall–Kier alpha value is -2.03. The van der Waals surface area contributed by atoms with Crippen LogP contribution in [-0.2, 0) is 42.4 Å². The number of rotatable bonds is 21. The number of carbonyl (C=O) groups excluding carboxylic acids is 1. The van der Waals surface area contributed by atoms with E-state index in [1.54, 1.807) is 7.11 Å². The normalized spacial score (nSPS) is 21.9. The summed E-state index contributed by atoms with van der Waals surface area (Å²) in [5, 5.41) is 14.0. The minimum absolute atomic E-state index is 0.0351. The Kier molecular flexibility index (Phi) is 16.2. The summed E-state index contributed by atoms with van der Waals surface area (Å²) in [7, 11) is -1.19. The smallest absolute Gasteiger partial charge is 0.261 e. The first-order chi connectivity index (χ1) is 25.1. The topological polar surface area (TPSA) is 111 Å². The minimum atomic E-state index is -2.79. The number of methoxy groups -OCH3 is 1. The number of aliphatic hydroxyl groups is 1. The van der Waals surface area contributed by atoms with Crippen molar-refractivity contribution in [2.75, 3.05) is 46.9 Å². The average Bonchev–Trinajstić information content (AvgIpc) is 3.49. The highest BCUT2D eigenvalue weighted by atomic mass is 28.4. The Balaban J connectivity index is 1.53. The first kappa shape index (κ1) is 43.7. The van der Waals surface area contributed by atoms with Crippen LogP contribution in [0.2, 0.25) is 5.04 Å². The molecule has 4 rings (SSSR count). The predicted octanol–water partition coefficient (Wildman–Crippen LogP) is 6.00. The molecule has 11 heteroatoms. The largest absolute Gasteiger partial charge is 0.407 e. The fraction of sp³-hybridized carbons (Fsp3) is 0.690. The SMILES string of the molecule is COCCOCO[C@H]([C@@H]1COC(C)(C)O1)C(C)(C)C(=O)C[C@H](O)[C@@H](C)[C@@H](CCO[Si](c1ccccc1)(c1ccccc1)C(C)(C)C)OC1CCCCO1. The van der Waals surface area contributed by atoms with Crippen molar-refractivity contribution in [1.82, 2.24) is 0 Å². The quantitative estimate of drug-likeness (QED) is 0.0925. The van der Waals surface area contributed by atoms with Crippen LogP contribution < -0.4 is 10.4 Å². The van der Waals surface area contributed by atoms with E-state index in [4.69, 9.17) is 37.6 Å². The van der Waals surface area contributed by atoms with Crippen molar-refractivity contribution >= 4 is 24.5 Å². The molecule has 2 aliphatic heterocycles. The molecule has 0 bridgehead atoms. The third-order valence-electron chi connectivity index (χ3n) is 10.8. The summed E-state index contributed by atoms with van der Waals surface area (Å²) >= 11 is 0. The van der Waals surface area contributed by atoms with Gasteiger partial charge in [-0.05, 0) is 54.9 Å². The van der Waals surface area contributed by atoms with E-state index < -0.39 is 49.9 Å². The molecule has 0 amide bonds. The highest BCUT2D eigenvalue weighted by Gasteiger charge is 2.51. The third-order valence-corrected chi connectivity index (χ3v) is 15.8. The Morgan fingerprint density at radius 3 is 2.13 bits per heavy atom. The molecule has 2 aromatic carbocycles. The summed E-state index contributed by atoms with van der Waals surface area (Å²) in [6.07, 6.45) is 0.274. The highest BCUT2D eigenvalue weighted by Crippen LogP contribution is 2.38. The van der Waals surface area contributed by atoms with Crippen molar-refractivity contribution in [3.8, 4) is 0 Å². The molecule has 298 valence electrons. The van der Waals surface area contributed by atoms with Crippen molar-refractivity contribution in [2.24, 2.45) is 11.3 Å². The monoisotopic (exact) mass is 758 g/mol. The van der Waals surface area contributed by atoms with E-state index in [9.17, 15) is 9.90 Å². The molecule has 0 spiro atoms. The van der Waals surface area contributed by atoms with E-state index in [1.807, 2.05) is 46.8 Å². The van der Waals surface area contributed by atoms with E-state index in [1.165, 1.54) is 10.4 Å². The molecule has 2 saturated heterocycles. The lowest BCUT2D eigenvalue weighted by Crippen LogP contribution is -2.66. The molecule has 53 heavy (non-hydrogen) atoms. The zero-order valence-corrected chi connectivity index (χ0v) is 34.6. The zero-order chi connectivity index (χ0) is 38.7. The van der Waals surface area contributed by atoms with E-state index >= 15 is 0 Å². The van der Waals surface area contributed by atoms with Gasteiger partial charge >= 0.3 is 0 Å². The van der Waals surface area contributed by atoms with Crippen LogP contribution in [0.4, 0.5) is 0 Å². The summed E-state index contributed by atoms with van der Waals surface area (Å²) < 4.78 is 48.8. The van der Waals surface area contributed by atoms with Crippen LogP contribution in [0.15, 0.2) is 60.7 Å². The zero-order valence-electron chi connectivity index (χ0n) is 33.6. The maximum absolute atomic E-state index is 14.2. The maximum atomic E-state index is 14.2. The second-order valence-electron chi connectivity index (χ2n) is 16.5. The number of benzene rings is 2. The first-order valence-electron chi connectivity index (χ1n) is 19.4. The summed E-state index contributed by atoms with van der Waals surface area (Å²) in [6.45, 7) is 18.2. The molecule has 0 saturated carbocycles. The van der Waals surface area contributed by atoms with E-state index in [-0.39, 0.29) is 36.9 Å². The number of Topliss-reactive ketones (excluding diaryl/α,β-unsaturated/α-hetero) is 1. The van der Waals surface area contributed by atoms with Gasteiger partial charge < -0.3 is 42.7 Å². The molecule has 10 nitrogen and oxygen atoms in total. The number of ether oxygens (including phenoxy) is 7. The first-order valence-corrected chi connectivity index (χ1v) is 21.3. The van der Waals surface area contributed by atoms with Gasteiger partial charge in [0.25, 0.3) is 8.32 Å². The van der Waals surface area contributed by atoms with Crippen LogP contribution in [0, 0.1) is 11.3 Å². The van der Waals surface area contributed by atoms with E-state index in [0.29, 0.717) is 32.8 Å². The molecule has 0 radical (unpaired) electrons. The fourth-order valence-electron chi connectivity index (χ4n) is 7.57. The van der Waals surface area contributed by atoms with Gasteiger partial charge in [-0.1, -0.05) is 102 Å².